The molecule has 2 heterocycles. The van der Waals surface area contributed by atoms with Crippen molar-refractivity contribution in [2.24, 2.45) is 0 Å². The van der Waals surface area contributed by atoms with E-state index < -0.39 is 0 Å². The SMILES string of the molecule is C=Cc1cc2c(cc1/C=C\C)c1cc(-c3ccc4oc5cccc(N(c6ccc7ccccc7c6)c6cccc7c6-c6ccccc6C7(C)C)c5c4c3)ccc1n2-c1ccccc1. The molecule has 63 heavy (non-hydrogen) atoms. The second kappa shape index (κ2) is 14.1. The van der Waals surface area contributed by atoms with Crippen LogP contribution in [0.25, 0.3) is 94.6 Å². The van der Waals surface area contributed by atoms with E-state index in [1.807, 2.05) is 6.08 Å². The van der Waals surface area contributed by atoms with Crippen molar-refractivity contribution >= 4 is 83.7 Å². The topological polar surface area (TPSA) is 21.3 Å². The lowest BCUT2D eigenvalue weighted by Crippen LogP contribution is -2.16. The number of para-hydroxylation sites is 1. The minimum absolute atomic E-state index is 0.142. The number of fused-ring (bicyclic) bond motifs is 10. The van der Waals surface area contributed by atoms with Gasteiger partial charge in [0, 0.05) is 38.5 Å². The van der Waals surface area contributed by atoms with E-state index in [-0.39, 0.29) is 5.41 Å². The molecular formula is C60H44N2O. The first kappa shape index (κ1) is 36.9. The molecule has 0 saturated carbocycles. The fraction of sp³-hybridized carbons (Fsp3) is 0.0667. The Hall–Kier alpha value is -7.88. The van der Waals surface area contributed by atoms with Gasteiger partial charge in [-0.3, -0.25) is 0 Å². The second-order valence-electron chi connectivity index (χ2n) is 17.3. The first-order valence-electron chi connectivity index (χ1n) is 21.8. The lowest BCUT2D eigenvalue weighted by atomic mass is 9.82. The van der Waals surface area contributed by atoms with Crippen molar-refractivity contribution in [3.63, 3.8) is 0 Å². The molecule has 0 amide bonds. The Kier molecular flexibility index (Phi) is 8.26. The maximum atomic E-state index is 6.75. The summed E-state index contributed by atoms with van der Waals surface area (Å²) in [5.74, 6) is 0. The number of furan rings is 1. The van der Waals surface area contributed by atoms with Gasteiger partial charge in [0.15, 0.2) is 0 Å². The van der Waals surface area contributed by atoms with Gasteiger partial charge < -0.3 is 13.9 Å². The first-order valence-corrected chi connectivity index (χ1v) is 21.8. The Morgan fingerprint density at radius 3 is 2.11 bits per heavy atom. The van der Waals surface area contributed by atoms with Crippen molar-refractivity contribution in [1.29, 1.82) is 0 Å². The average molecular weight is 809 g/mol. The first-order chi connectivity index (χ1) is 30.9. The van der Waals surface area contributed by atoms with Gasteiger partial charge in [-0.25, -0.2) is 0 Å². The van der Waals surface area contributed by atoms with E-state index in [0.717, 1.165) is 78.0 Å². The van der Waals surface area contributed by atoms with Crippen LogP contribution in [0.1, 0.15) is 43.0 Å². The van der Waals surface area contributed by atoms with Crippen molar-refractivity contribution in [3.8, 4) is 27.9 Å². The van der Waals surface area contributed by atoms with E-state index in [4.69, 9.17) is 4.42 Å². The summed E-state index contributed by atoms with van der Waals surface area (Å²) < 4.78 is 9.13. The highest BCUT2D eigenvalue weighted by Crippen LogP contribution is 2.55. The van der Waals surface area contributed by atoms with Gasteiger partial charge >= 0.3 is 0 Å². The summed E-state index contributed by atoms with van der Waals surface area (Å²) in [6, 6.07) is 66.5. The van der Waals surface area contributed by atoms with Crippen LogP contribution < -0.4 is 4.90 Å². The van der Waals surface area contributed by atoms with Crippen LogP contribution in [-0.4, -0.2) is 4.57 Å². The molecule has 0 radical (unpaired) electrons. The van der Waals surface area contributed by atoms with Crippen LogP contribution in [0.3, 0.4) is 0 Å². The van der Waals surface area contributed by atoms with Crippen LogP contribution in [0.4, 0.5) is 17.1 Å². The fourth-order valence-corrected chi connectivity index (χ4v) is 10.5. The van der Waals surface area contributed by atoms with Crippen molar-refractivity contribution < 1.29 is 4.42 Å². The summed E-state index contributed by atoms with van der Waals surface area (Å²) in [4.78, 5) is 2.47. The molecule has 0 N–H and O–H groups in total. The Morgan fingerprint density at radius 2 is 1.27 bits per heavy atom. The Labute approximate surface area is 367 Å². The maximum Gasteiger partial charge on any atom is 0.137 e. The van der Waals surface area contributed by atoms with Gasteiger partial charge in [-0.15, -0.1) is 0 Å². The predicted molar refractivity (Wildman–Crippen MR) is 268 cm³/mol. The summed E-state index contributed by atoms with van der Waals surface area (Å²) in [6.07, 6.45) is 6.23. The third-order valence-corrected chi connectivity index (χ3v) is 13.4. The van der Waals surface area contributed by atoms with Gasteiger partial charge in [-0.05, 0) is 136 Å². The monoisotopic (exact) mass is 808 g/mol. The molecule has 0 fully saturated rings. The van der Waals surface area contributed by atoms with Crippen LogP contribution >= 0.6 is 0 Å². The summed E-state index contributed by atoms with van der Waals surface area (Å²) in [7, 11) is 0. The third-order valence-electron chi connectivity index (χ3n) is 13.4. The van der Waals surface area contributed by atoms with Crippen molar-refractivity contribution in [2.45, 2.75) is 26.2 Å². The number of allylic oxidation sites excluding steroid dienone is 1. The number of hydrogen-bond donors (Lipinski definition) is 0. The van der Waals surface area contributed by atoms with E-state index in [0.29, 0.717) is 0 Å². The average Bonchev–Trinajstić information content (AvgIpc) is 3.94. The molecule has 0 atom stereocenters. The summed E-state index contributed by atoms with van der Waals surface area (Å²) in [6.45, 7) is 10.9. The van der Waals surface area contributed by atoms with Gasteiger partial charge in [-0.1, -0.05) is 142 Å². The van der Waals surface area contributed by atoms with Crippen molar-refractivity contribution in [1.82, 2.24) is 4.57 Å². The molecule has 2 aromatic heterocycles. The van der Waals surface area contributed by atoms with Gasteiger partial charge in [-0.2, -0.15) is 0 Å². The lowest BCUT2D eigenvalue weighted by molar-refractivity contribution is 0.660. The molecule has 9 aromatic carbocycles. The van der Waals surface area contributed by atoms with Gasteiger partial charge in [0.2, 0.25) is 0 Å². The number of anilines is 3. The number of nitrogens with zero attached hydrogens (tertiary/aromatic N) is 2. The highest BCUT2D eigenvalue weighted by molar-refractivity contribution is 6.16. The van der Waals surface area contributed by atoms with Gasteiger partial charge in [0.25, 0.3) is 0 Å². The van der Waals surface area contributed by atoms with E-state index in [1.54, 1.807) is 0 Å². The van der Waals surface area contributed by atoms with Gasteiger partial charge in [0.05, 0.1) is 27.8 Å². The largest absolute Gasteiger partial charge is 0.456 e. The quantitative estimate of drug-likeness (QED) is 0.160. The smallest absolute Gasteiger partial charge is 0.137 e. The fourth-order valence-electron chi connectivity index (χ4n) is 10.5. The van der Waals surface area contributed by atoms with Gasteiger partial charge in [0.1, 0.15) is 11.2 Å². The zero-order chi connectivity index (χ0) is 42.4. The normalized spacial score (nSPS) is 13.1. The maximum absolute atomic E-state index is 6.75. The number of aromatic nitrogens is 1. The summed E-state index contributed by atoms with van der Waals surface area (Å²) >= 11 is 0. The second-order valence-corrected chi connectivity index (χ2v) is 17.3. The summed E-state index contributed by atoms with van der Waals surface area (Å²) in [5, 5.41) is 6.98. The molecular weight excluding hydrogens is 765 g/mol. The zero-order valence-corrected chi connectivity index (χ0v) is 35.6. The standard InChI is InChI=1S/C60H44N2O/c1-5-16-40-34-48-47-35-42(28-31-52(47)61(44-19-8-7-9-20-44)55(48)37-38(40)6-2)43-29-32-56-49(36-43)59-54(25-15-26-57(59)63-56)62(45-30-27-39-17-10-11-18-41(39)33-45)53-24-14-23-51-58(53)46-21-12-13-22-50(46)60(51,3)4/h5-37H,2H2,1,3-4H3/b16-5-. The third kappa shape index (κ3) is 5.59. The highest BCUT2D eigenvalue weighted by Gasteiger charge is 2.38. The molecule has 1 aliphatic carbocycles. The minimum Gasteiger partial charge on any atom is -0.456 e. The molecule has 1 aliphatic rings. The molecule has 11 aromatic rings. The Morgan fingerprint density at radius 1 is 0.556 bits per heavy atom. The van der Waals surface area contributed by atoms with Crippen LogP contribution in [0.2, 0.25) is 0 Å². The molecule has 0 aliphatic heterocycles. The Bertz CT molecular complexity index is 3690. The molecule has 3 heteroatoms. The van der Waals surface area contributed by atoms with E-state index in [1.165, 1.54) is 43.8 Å². The van der Waals surface area contributed by atoms with Crippen molar-refractivity contribution in [2.75, 3.05) is 4.90 Å². The van der Waals surface area contributed by atoms with Crippen LogP contribution in [0, 0.1) is 0 Å². The number of rotatable bonds is 7. The summed E-state index contributed by atoms with van der Waals surface area (Å²) in [5.41, 5.74) is 18.1. The molecule has 0 spiro atoms. The van der Waals surface area contributed by atoms with E-state index in [2.05, 4.69) is 231 Å². The minimum atomic E-state index is -0.142. The van der Waals surface area contributed by atoms with Crippen LogP contribution in [0.15, 0.2) is 199 Å². The molecule has 0 unspecified atom stereocenters. The Balaban J connectivity index is 1.09. The molecule has 0 bridgehead atoms. The molecule has 0 saturated heterocycles. The number of hydrogen-bond acceptors (Lipinski definition) is 2. The predicted octanol–water partition coefficient (Wildman–Crippen LogP) is 17.0. The van der Waals surface area contributed by atoms with Crippen molar-refractivity contribution in [3.05, 3.63) is 217 Å². The van der Waals surface area contributed by atoms with E-state index in [9.17, 15) is 0 Å². The molecule has 12 rings (SSSR count). The number of benzene rings is 9. The molecule has 3 nitrogen and oxygen atoms in total. The van der Waals surface area contributed by atoms with E-state index >= 15 is 0 Å². The highest BCUT2D eigenvalue weighted by atomic mass is 16.3. The van der Waals surface area contributed by atoms with Crippen LogP contribution in [-0.2, 0) is 5.41 Å². The molecule has 300 valence electrons. The lowest BCUT2D eigenvalue weighted by Gasteiger charge is -2.29. The zero-order valence-electron chi connectivity index (χ0n) is 35.6. The van der Waals surface area contributed by atoms with Crippen LogP contribution in [0.5, 0.6) is 0 Å².